The molecule has 3 nitrogen and oxygen atoms in total. The third-order valence-corrected chi connectivity index (χ3v) is 3.46. The van der Waals surface area contributed by atoms with Crippen molar-refractivity contribution in [3.63, 3.8) is 0 Å². The summed E-state index contributed by atoms with van der Waals surface area (Å²) in [6.45, 7) is 4.29. The average molecular weight is 257 g/mol. The molecule has 2 N–H and O–H groups in total. The molecule has 1 unspecified atom stereocenters. The summed E-state index contributed by atoms with van der Waals surface area (Å²) in [6.07, 6.45) is 0. The first-order valence-corrected chi connectivity index (χ1v) is 6.03. The van der Waals surface area contributed by atoms with Crippen LogP contribution in [0.5, 0.6) is 5.75 Å². The van der Waals surface area contributed by atoms with Crippen molar-refractivity contribution in [3.8, 4) is 5.75 Å². The van der Waals surface area contributed by atoms with E-state index in [-0.39, 0.29) is 11.6 Å². The fourth-order valence-corrected chi connectivity index (χ4v) is 2.22. The maximum absolute atomic E-state index is 6.15. The van der Waals surface area contributed by atoms with Gasteiger partial charge < -0.3 is 15.4 Å². The molecule has 4 heteroatoms. The summed E-state index contributed by atoms with van der Waals surface area (Å²) in [5.74, 6) is 0.701. The van der Waals surface area contributed by atoms with Gasteiger partial charge in [-0.2, -0.15) is 0 Å². The number of ether oxygens (including phenoxy) is 1. The van der Waals surface area contributed by atoms with Crippen molar-refractivity contribution < 1.29 is 4.74 Å². The summed E-state index contributed by atoms with van der Waals surface area (Å²) >= 11 is 6.15. The third kappa shape index (κ3) is 3.12. The molecule has 0 aliphatic rings. The number of benzene rings is 1. The zero-order valence-electron chi connectivity index (χ0n) is 11.1. The first-order chi connectivity index (χ1) is 7.96. The molecule has 0 amide bonds. The van der Waals surface area contributed by atoms with Gasteiger partial charge in [-0.3, -0.25) is 0 Å². The highest BCUT2D eigenvalue weighted by molar-refractivity contribution is 6.32. The Morgan fingerprint density at radius 1 is 1.29 bits per heavy atom. The monoisotopic (exact) mass is 256 g/mol. The van der Waals surface area contributed by atoms with Gasteiger partial charge in [0.05, 0.1) is 12.1 Å². The van der Waals surface area contributed by atoms with E-state index in [1.54, 1.807) is 7.11 Å². The molecule has 0 aliphatic heterocycles. The van der Waals surface area contributed by atoms with Crippen LogP contribution >= 0.6 is 11.6 Å². The number of hydrogen-bond acceptors (Lipinski definition) is 3. The van der Waals surface area contributed by atoms with E-state index in [2.05, 4.69) is 24.5 Å². The number of nitrogens with one attached hydrogen (secondary N) is 2. The number of halogens is 1. The molecule has 1 aromatic rings. The summed E-state index contributed by atoms with van der Waals surface area (Å²) in [5.41, 5.74) is 1.07. The molecule has 0 radical (unpaired) electrons. The van der Waals surface area contributed by atoms with Gasteiger partial charge in [-0.15, -0.1) is 0 Å². The summed E-state index contributed by atoms with van der Waals surface area (Å²) in [4.78, 5) is 0. The van der Waals surface area contributed by atoms with Crippen LogP contribution in [-0.2, 0) is 0 Å². The van der Waals surface area contributed by atoms with Crippen molar-refractivity contribution in [3.05, 3.63) is 28.8 Å². The molecular weight excluding hydrogens is 236 g/mol. The maximum Gasteiger partial charge on any atom is 0.137 e. The Hall–Kier alpha value is -0.770. The zero-order chi connectivity index (χ0) is 13.1. The highest BCUT2D eigenvalue weighted by Gasteiger charge is 2.28. The van der Waals surface area contributed by atoms with Crippen molar-refractivity contribution in [2.24, 2.45) is 0 Å². The highest BCUT2D eigenvalue weighted by Crippen LogP contribution is 2.31. The summed E-state index contributed by atoms with van der Waals surface area (Å²) < 4.78 is 5.16. The van der Waals surface area contributed by atoms with E-state index in [0.717, 1.165) is 5.56 Å². The third-order valence-electron chi connectivity index (χ3n) is 3.16. The maximum atomic E-state index is 6.15. The van der Waals surface area contributed by atoms with Gasteiger partial charge in [0, 0.05) is 11.6 Å². The lowest BCUT2D eigenvalue weighted by Crippen LogP contribution is -2.47. The normalized spacial score (nSPS) is 13.5. The van der Waals surface area contributed by atoms with E-state index >= 15 is 0 Å². The van der Waals surface area contributed by atoms with Crippen molar-refractivity contribution >= 4 is 11.6 Å². The van der Waals surface area contributed by atoms with Crippen molar-refractivity contribution in [2.75, 3.05) is 21.2 Å². The van der Waals surface area contributed by atoms with Crippen LogP contribution in [0.1, 0.15) is 25.5 Å². The Morgan fingerprint density at radius 3 is 2.35 bits per heavy atom. The van der Waals surface area contributed by atoms with E-state index in [9.17, 15) is 0 Å². The fraction of sp³-hybridized carbons (Fsp3) is 0.538. The predicted octanol–water partition coefficient (Wildman–Crippen LogP) is 2.61. The zero-order valence-corrected chi connectivity index (χ0v) is 11.9. The summed E-state index contributed by atoms with van der Waals surface area (Å²) in [6, 6.07) is 6.05. The lowest BCUT2D eigenvalue weighted by atomic mass is 9.89. The largest absolute Gasteiger partial charge is 0.495 e. The first-order valence-electron chi connectivity index (χ1n) is 5.66. The quantitative estimate of drug-likeness (QED) is 0.850. The van der Waals surface area contributed by atoms with E-state index < -0.39 is 0 Å². The summed E-state index contributed by atoms with van der Waals surface area (Å²) in [7, 11) is 5.52. The van der Waals surface area contributed by atoms with Crippen LogP contribution in [0.25, 0.3) is 0 Å². The number of methoxy groups -OCH3 is 1. The van der Waals surface area contributed by atoms with Gasteiger partial charge in [-0.05, 0) is 45.6 Å². The molecular formula is C13H21ClN2O. The van der Waals surface area contributed by atoms with Crippen LogP contribution in [0.3, 0.4) is 0 Å². The molecule has 0 saturated carbocycles. The Bertz CT molecular complexity index is 380. The second-order valence-electron chi connectivity index (χ2n) is 4.59. The Labute approximate surface area is 109 Å². The minimum absolute atomic E-state index is 0.0628. The van der Waals surface area contributed by atoms with Crippen LogP contribution in [0, 0.1) is 0 Å². The van der Waals surface area contributed by atoms with E-state index in [4.69, 9.17) is 16.3 Å². The topological polar surface area (TPSA) is 33.3 Å². The number of hydrogen-bond donors (Lipinski definition) is 2. The molecule has 96 valence electrons. The molecule has 1 aromatic carbocycles. The first kappa shape index (κ1) is 14.3. The fourth-order valence-electron chi connectivity index (χ4n) is 1.95. The lowest BCUT2D eigenvalue weighted by molar-refractivity contribution is 0.311. The van der Waals surface area contributed by atoms with Gasteiger partial charge >= 0.3 is 0 Å². The van der Waals surface area contributed by atoms with Crippen molar-refractivity contribution in [1.29, 1.82) is 0 Å². The molecule has 0 aromatic heterocycles. The minimum atomic E-state index is -0.0628. The van der Waals surface area contributed by atoms with Gasteiger partial charge in [0.25, 0.3) is 0 Å². The predicted molar refractivity (Wildman–Crippen MR) is 72.9 cm³/mol. The Morgan fingerprint density at radius 2 is 1.94 bits per heavy atom. The smallest absolute Gasteiger partial charge is 0.137 e. The van der Waals surface area contributed by atoms with Crippen LogP contribution in [0.2, 0.25) is 5.02 Å². The van der Waals surface area contributed by atoms with E-state index in [1.807, 2.05) is 32.3 Å². The average Bonchev–Trinajstić information content (AvgIpc) is 2.30. The summed E-state index contributed by atoms with van der Waals surface area (Å²) in [5, 5.41) is 7.25. The van der Waals surface area contributed by atoms with Crippen LogP contribution in [-0.4, -0.2) is 26.7 Å². The molecule has 0 bridgehead atoms. The van der Waals surface area contributed by atoms with E-state index in [1.165, 1.54) is 0 Å². The number of rotatable bonds is 5. The molecule has 0 heterocycles. The van der Waals surface area contributed by atoms with Gasteiger partial charge in [0.15, 0.2) is 0 Å². The lowest BCUT2D eigenvalue weighted by Gasteiger charge is -2.34. The standard InChI is InChI=1S/C13H21ClN2O/c1-13(2,16-4)12(15-3)9-6-7-11(17-5)10(14)8-9/h6-8,12,15-16H,1-5H3. The molecule has 1 atom stereocenters. The number of likely N-dealkylation sites (N-methyl/N-ethyl adjacent to an activating group) is 2. The van der Waals surface area contributed by atoms with E-state index in [0.29, 0.717) is 10.8 Å². The SMILES string of the molecule is CNC(c1ccc(OC)c(Cl)c1)C(C)(C)NC. The minimum Gasteiger partial charge on any atom is -0.495 e. The molecule has 0 fully saturated rings. The molecule has 17 heavy (non-hydrogen) atoms. The van der Waals surface area contributed by atoms with Crippen molar-refractivity contribution in [1.82, 2.24) is 10.6 Å². The van der Waals surface area contributed by atoms with Gasteiger partial charge in [0.2, 0.25) is 0 Å². The van der Waals surface area contributed by atoms with Crippen molar-refractivity contribution in [2.45, 2.75) is 25.4 Å². The molecule has 0 aliphatic carbocycles. The second kappa shape index (κ2) is 5.71. The Kier molecular flexibility index (Phi) is 4.80. The van der Waals surface area contributed by atoms with Gasteiger partial charge in [-0.1, -0.05) is 17.7 Å². The van der Waals surface area contributed by atoms with Gasteiger partial charge in [0.1, 0.15) is 5.75 Å². The van der Waals surface area contributed by atoms with Crippen LogP contribution in [0.4, 0.5) is 0 Å². The molecule has 1 rings (SSSR count). The molecule has 0 saturated heterocycles. The highest BCUT2D eigenvalue weighted by atomic mass is 35.5. The van der Waals surface area contributed by atoms with Crippen LogP contribution < -0.4 is 15.4 Å². The van der Waals surface area contributed by atoms with Crippen LogP contribution in [0.15, 0.2) is 18.2 Å². The second-order valence-corrected chi connectivity index (χ2v) is 4.99. The van der Waals surface area contributed by atoms with Gasteiger partial charge in [-0.25, -0.2) is 0 Å². The Balaban J connectivity index is 3.09. The molecule has 0 spiro atoms.